The number of hydrogen-bond acceptors (Lipinski definition) is 5. The minimum Gasteiger partial charge on any atom is -0.476 e. The zero-order chi connectivity index (χ0) is 13.5. The van der Waals surface area contributed by atoms with Gasteiger partial charge in [-0.05, 0) is 19.4 Å². The molecule has 5 N–H and O–H groups in total. The van der Waals surface area contributed by atoms with Crippen LogP contribution in [0.2, 0.25) is 0 Å². The van der Waals surface area contributed by atoms with Crippen molar-refractivity contribution in [3.05, 3.63) is 11.4 Å². The molecule has 1 aromatic rings. The molecule has 0 bridgehead atoms. The van der Waals surface area contributed by atoms with Crippen LogP contribution in [-0.2, 0) is 17.8 Å². The first-order chi connectivity index (χ1) is 8.56. The van der Waals surface area contributed by atoms with Crippen LogP contribution >= 0.6 is 0 Å². The molecule has 8 heteroatoms. The number of unbranched alkanes of at least 4 members (excludes halogenated alkanes) is 1. The van der Waals surface area contributed by atoms with Crippen molar-refractivity contribution < 1.29 is 14.7 Å². The third kappa shape index (κ3) is 3.81. The Balaban J connectivity index is 2.64. The molecule has 0 radical (unpaired) electrons. The van der Waals surface area contributed by atoms with E-state index >= 15 is 0 Å². The number of rotatable bonds is 8. The van der Waals surface area contributed by atoms with E-state index < -0.39 is 5.97 Å². The zero-order valence-electron chi connectivity index (χ0n) is 10.0. The summed E-state index contributed by atoms with van der Waals surface area (Å²) in [6, 6.07) is 0. The Hall–Kier alpha value is -1.96. The topological polar surface area (TPSA) is 137 Å². The van der Waals surface area contributed by atoms with E-state index in [2.05, 4.69) is 10.3 Å². The van der Waals surface area contributed by atoms with E-state index in [9.17, 15) is 9.59 Å². The molecule has 0 aliphatic carbocycles. The van der Waals surface area contributed by atoms with Crippen LogP contribution in [0.25, 0.3) is 0 Å². The van der Waals surface area contributed by atoms with Crippen LogP contribution in [0.1, 0.15) is 35.4 Å². The second kappa shape index (κ2) is 6.70. The lowest BCUT2D eigenvalue weighted by atomic mass is 10.2. The van der Waals surface area contributed by atoms with Crippen LogP contribution in [0.15, 0.2) is 0 Å². The fourth-order valence-electron chi connectivity index (χ4n) is 1.62. The number of nitrogens with zero attached hydrogens (tertiary/aromatic N) is 3. The largest absolute Gasteiger partial charge is 0.476 e. The average molecular weight is 255 g/mol. The van der Waals surface area contributed by atoms with Gasteiger partial charge in [-0.15, -0.1) is 5.10 Å². The van der Waals surface area contributed by atoms with Crippen molar-refractivity contribution >= 4 is 11.9 Å². The summed E-state index contributed by atoms with van der Waals surface area (Å²) in [7, 11) is 0. The molecule has 0 unspecified atom stereocenters. The van der Waals surface area contributed by atoms with Crippen LogP contribution < -0.4 is 11.5 Å². The molecule has 0 saturated heterocycles. The van der Waals surface area contributed by atoms with E-state index in [1.54, 1.807) is 0 Å². The molecule has 0 spiro atoms. The van der Waals surface area contributed by atoms with Gasteiger partial charge in [-0.2, -0.15) is 0 Å². The smallest absolute Gasteiger partial charge is 0.358 e. The number of nitrogens with two attached hydrogens (primary N) is 2. The normalized spacial score (nSPS) is 10.5. The summed E-state index contributed by atoms with van der Waals surface area (Å²) < 4.78 is 1.53. The van der Waals surface area contributed by atoms with Crippen molar-refractivity contribution in [2.45, 2.75) is 32.2 Å². The van der Waals surface area contributed by atoms with Crippen molar-refractivity contribution in [1.29, 1.82) is 0 Å². The number of carboxylic acid groups (broad SMARTS) is 1. The van der Waals surface area contributed by atoms with Gasteiger partial charge in [0.15, 0.2) is 5.69 Å². The van der Waals surface area contributed by atoms with E-state index in [1.165, 1.54) is 4.68 Å². The van der Waals surface area contributed by atoms with Crippen molar-refractivity contribution in [2.24, 2.45) is 11.5 Å². The number of carbonyl (C=O) groups excluding carboxylic acids is 1. The maximum Gasteiger partial charge on any atom is 0.358 e. The van der Waals surface area contributed by atoms with Gasteiger partial charge in [0.2, 0.25) is 5.91 Å². The quantitative estimate of drug-likeness (QED) is 0.516. The summed E-state index contributed by atoms with van der Waals surface area (Å²) in [4.78, 5) is 21.5. The Kier molecular flexibility index (Phi) is 5.25. The van der Waals surface area contributed by atoms with Gasteiger partial charge in [0.25, 0.3) is 0 Å². The third-order valence-corrected chi connectivity index (χ3v) is 2.46. The lowest BCUT2D eigenvalue weighted by molar-refractivity contribution is -0.118. The Morgan fingerprint density at radius 2 is 2.06 bits per heavy atom. The van der Waals surface area contributed by atoms with Gasteiger partial charge in [0.1, 0.15) is 0 Å². The number of primary amides is 1. The second-order valence-electron chi connectivity index (χ2n) is 3.88. The summed E-state index contributed by atoms with van der Waals surface area (Å²) in [6.45, 7) is 0.831. The molecule has 1 amide bonds. The molecule has 0 atom stereocenters. The summed E-state index contributed by atoms with van der Waals surface area (Å²) in [5.41, 5.74) is 10.9. The molecule has 8 nitrogen and oxygen atoms in total. The first-order valence-corrected chi connectivity index (χ1v) is 5.70. The second-order valence-corrected chi connectivity index (χ2v) is 3.88. The van der Waals surface area contributed by atoms with Crippen molar-refractivity contribution in [3.8, 4) is 0 Å². The highest BCUT2D eigenvalue weighted by atomic mass is 16.4. The maximum atomic E-state index is 10.9. The molecule has 1 aromatic heterocycles. The zero-order valence-corrected chi connectivity index (χ0v) is 10.0. The number of amides is 1. The molecule has 0 saturated carbocycles. The Labute approximate surface area is 104 Å². The van der Waals surface area contributed by atoms with E-state index in [0.29, 0.717) is 44.5 Å². The highest BCUT2D eigenvalue weighted by Gasteiger charge is 2.17. The highest BCUT2D eigenvalue weighted by Crippen LogP contribution is 2.08. The lowest BCUT2D eigenvalue weighted by Crippen LogP contribution is -2.14. The lowest BCUT2D eigenvalue weighted by Gasteiger charge is -2.05. The van der Waals surface area contributed by atoms with Crippen LogP contribution in [0.3, 0.4) is 0 Å². The molecule has 1 rings (SSSR count). The van der Waals surface area contributed by atoms with Gasteiger partial charge in [-0.3, -0.25) is 4.79 Å². The van der Waals surface area contributed by atoms with Gasteiger partial charge in [0.05, 0.1) is 5.69 Å². The van der Waals surface area contributed by atoms with Gasteiger partial charge >= 0.3 is 5.97 Å². The first kappa shape index (κ1) is 14.1. The first-order valence-electron chi connectivity index (χ1n) is 5.70. The van der Waals surface area contributed by atoms with Crippen LogP contribution in [0.4, 0.5) is 0 Å². The van der Waals surface area contributed by atoms with E-state index in [1.807, 2.05) is 0 Å². The minimum atomic E-state index is -1.11. The third-order valence-electron chi connectivity index (χ3n) is 2.46. The standard InChI is InChI=1S/C10H17N5O3/c11-5-4-7-9(10(17)18)13-14-15(7)6-2-1-3-8(12)16/h1-6,11H2,(H2,12,16)(H,17,18). The Morgan fingerprint density at radius 3 is 2.61 bits per heavy atom. The van der Waals surface area contributed by atoms with E-state index in [-0.39, 0.29) is 11.6 Å². The molecule has 100 valence electrons. The summed E-state index contributed by atoms with van der Waals surface area (Å²) >= 11 is 0. The average Bonchev–Trinajstić information content (AvgIpc) is 2.68. The van der Waals surface area contributed by atoms with Gasteiger partial charge in [-0.25, -0.2) is 9.48 Å². The van der Waals surface area contributed by atoms with Crippen molar-refractivity contribution in [3.63, 3.8) is 0 Å². The van der Waals surface area contributed by atoms with Crippen LogP contribution in [-0.4, -0.2) is 38.5 Å². The molecule has 0 aliphatic rings. The van der Waals surface area contributed by atoms with Crippen molar-refractivity contribution in [2.75, 3.05) is 6.54 Å². The summed E-state index contributed by atoms with van der Waals surface area (Å²) in [6.07, 6.45) is 2.04. The fourth-order valence-corrected chi connectivity index (χ4v) is 1.62. The molecular formula is C10H17N5O3. The molecule has 0 aromatic carbocycles. The number of carbonyl (C=O) groups is 2. The monoisotopic (exact) mass is 255 g/mol. The van der Waals surface area contributed by atoms with Gasteiger partial charge in [0, 0.05) is 19.4 Å². The van der Waals surface area contributed by atoms with Gasteiger partial charge in [-0.1, -0.05) is 5.21 Å². The summed E-state index contributed by atoms with van der Waals surface area (Å²) in [5, 5.41) is 16.3. The molecule has 18 heavy (non-hydrogen) atoms. The van der Waals surface area contributed by atoms with E-state index in [4.69, 9.17) is 16.6 Å². The van der Waals surface area contributed by atoms with Crippen LogP contribution in [0.5, 0.6) is 0 Å². The Bertz CT molecular complexity index is 429. The molecule has 0 fully saturated rings. The van der Waals surface area contributed by atoms with Crippen LogP contribution in [0, 0.1) is 0 Å². The minimum absolute atomic E-state index is 0.0599. The van der Waals surface area contributed by atoms with E-state index in [0.717, 1.165) is 0 Å². The fraction of sp³-hybridized carbons (Fsp3) is 0.600. The molecule has 1 heterocycles. The predicted molar refractivity (Wildman–Crippen MR) is 62.8 cm³/mol. The van der Waals surface area contributed by atoms with Gasteiger partial charge < -0.3 is 16.6 Å². The summed E-state index contributed by atoms with van der Waals surface area (Å²) in [5.74, 6) is -1.45. The number of aromatic carboxylic acids is 1. The Morgan fingerprint density at radius 1 is 1.33 bits per heavy atom. The maximum absolute atomic E-state index is 10.9. The highest BCUT2D eigenvalue weighted by molar-refractivity contribution is 5.86. The van der Waals surface area contributed by atoms with Crippen molar-refractivity contribution in [1.82, 2.24) is 15.0 Å². The molecule has 0 aliphatic heterocycles. The number of carboxylic acids is 1. The SMILES string of the molecule is NCCc1c(C(=O)O)nnn1CCCCC(N)=O. The number of hydrogen-bond donors (Lipinski definition) is 3. The molecular weight excluding hydrogens is 238 g/mol. The number of aryl methyl sites for hydroxylation is 1. The predicted octanol–water partition coefficient (Wildman–Crippen LogP) is -0.867. The number of aromatic nitrogens is 3.